The van der Waals surface area contributed by atoms with E-state index in [2.05, 4.69) is 10.1 Å². The number of likely N-dealkylation sites (tertiary alicyclic amines) is 1. The topological polar surface area (TPSA) is 77.3 Å². The molecule has 142 valence electrons. The average molecular weight is 376 g/mol. The molecule has 1 amide bonds. The van der Waals surface area contributed by atoms with Gasteiger partial charge in [0, 0.05) is 37.1 Å². The molecular formula is C21H20N4O3. The van der Waals surface area contributed by atoms with Gasteiger partial charge in [-0.1, -0.05) is 18.2 Å². The molecule has 0 radical (unpaired) electrons. The van der Waals surface area contributed by atoms with Crippen LogP contribution in [0.4, 0.5) is 0 Å². The van der Waals surface area contributed by atoms with Crippen molar-refractivity contribution >= 4 is 5.91 Å². The normalized spacial score (nSPS) is 13.8. The second-order valence-corrected chi connectivity index (χ2v) is 6.69. The molecule has 7 heteroatoms. The van der Waals surface area contributed by atoms with Crippen LogP contribution in [0.5, 0.6) is 5.75 Å². The van der Waals surface area contributed by atoms with Crippen molar-refractivity contribution < 1.29 is 9.53 Å². The number of nitrogens with zero attached hydrogens (tertiary/aromatic N) is 4. The highest BCUT2D eigenvalue weighted by Gasteiger charge is 2.33. The Morgan fingerprint density at radius 3 is 2.71 bits per heavy atom. The number of amides is 1. The molecule has 0 saturated carbocycles. The zero-order valence-corrected chi connectivity index (χ0v) is 15.5. The molecule has 1 fully saturated rings. The number of carbonyl (C=O) groups is 1. The van der Waals surface area contributed by atoms with Gasteiger partial charge in [-0.3, -0.25) is 14.6 Å². The maximum absolute atomic E-state index is 12.4. The molecule has 7 nitrogen and oxygen atoms in total. The van der Waals surface area contributed by atoms with Crippen molar-refractivity contribution in [3.63, 3.8) is 0 Å². The number of hydrogen-bond donors (Lipinski definition) is 0. The molecule has 0 atom stereocenters. The number of carbonyl (C=O) groups excluding carboxylic acids is 1. The number of pyridine rings is 1. The van der Waals surface area contributed by atoms with Crippen molar-refractivity contribution in [1.29, 1.82) is 0 Å². The molecule has 2 aromatic heterocycles. The zero-order valence-electron chi connectivity index (χ0n) is 15.5. The summed E-state index contributed by atoms with van der Waals surface area (Å²) < 4.78 is 6.86. The van der Waals surface area contributed by atoms with Crippen LogP contribution in [0.25, 0.3) is 11.3 Å². The van der Waals surface area contributed by atoms with Crippen LogP contribution in [0.3, 0.4) is 0 Å². The average Bonchev–Trinajstić information content (AvgIpc) is 2.69. The van der Waals surface area contributed by atoms with Crippen molar-refractivity contribution in [1.82, 2.24) is 19.7 Å². The van der Waals surface area contributed by atoms with Gasteiger partial charge in [0.2, 0.25) is 5.91 Å². The van der Waals surface area contributed by atoms with Gasteiger partial charge in [-0.2, -0.15) is 5.10 Å². The minimum absolute atomic E-state index is 0.0261. The first-order valence-corrected chi connectivity index (χ1v) is 9.05. The standard InChI is InChI=1S/C21H20N4O3/c1-28-19-7-3-2-6-17(19)18-8-9-20(26)25(23-18)16-13-24(14-16)21(27)11-15-5-4-10-22-12-15/h2-10,12,16H,11,13-14H2,1H3. The van der Waals surface area contributed by atoms with E-state index < -0.39 is 0 Å². The lowest BCUT2D eigenvalue weighted by Gasteiger charge is -2.39. The van der Waals surface area contributed by atoms with Gasteiger partial charge >= 0.3 is 0 Å². The Bertz CT molecular complexity index is 1040. The molecule has 0 spiro atoms. The number of rotatable bonds is 5. The van der Waals surface area contributed by atoms with E-state index in [9.17, 15) is 9.59 Å². The summed E-state index contributed by atoms with van der Waals surface area (Å²) >= 11 is 0. The summed E-state index contributed by atoms with van der Waals surface area (Å²) in [4.78, 5) is 30.5. The number of para-hydroxylation sites is 1. The van der Waals surface area contributed by atoms with Crippen LogP contribution in [-0.4, -0.2) is 45.8 Å². The number of aromatic nitrogens is 3. The fourth-order valence-electron chi connectivity index (χ4n) is 3.29. The highest BCUT2D eigenvalue weighted by molar-refractivity contribution is 5.79. The van der Waals surface area contributed by atoms with Crippen molar-refractivity contribution in [2.24, 2.45) is 0 Å². The monoisotopic (exact) mass is 376 g/mol. The van der Waals surface area contributed by atoms with Crippen LogP contribution < -0.4 is 10.3 Å². The predicted molar refractivity (Wildman–Crippen MR) is 104 cm³/mol. The fourth-order valence-corrected chi connectivity index (χ4v) is 3.29. The van der Waals surface area contributed by atoms with Crippen LogP contribution in [0.2, 0.25) is 0 Å². The molecule has 1 saturated heterocycles. The highest BCUT2D eigenvalue weighted by atomic mass is 16.5. The molecule has 3 heterocycles. The Morgan fingerprint density at radius 2 is 1.96 bits per heavy atom. The quantitative estimate of drug-likeness (QED) is 0.680. The number of ether oxygens (including phenoxy) is 1. The van der Waals surface area contributed by atoms with Gasteiger partial charge in [-0.05, 0) is 29.8 Å². The lowest BCUT2D eigenvalue weighted by molar-refractivity contribution is -0.136. The number of methoxy groups -OCH3 is 1. The van der Waals surface area contributed by atoms with Crippen molar-refractivity contribution in [2.75, 3.05) is 20.2 Å². The molecule has 0 aliphatic carbocycles. The summed E-state index contributed by atoms with van der Waals surface area (Å²) in [5.41, 5.74) is 2.19. The van der Waals surface area contributed by atoms with E-state index in [1.807, 2.05) is 36.4 Å². The Balaban J connectivity index is 1.49. The minimum Gasteiger partial charge on any atom is -0.496 e. The lowest BCUT2D eigenvalue weighted by Crippen LogP contribution is -2.53. The minimum atomic E-state index is -0.178. The van der Waals surface area contributed by atoms with Crippen LogP contribution >= 0.6 is 0 Å². The van der Waals surface area contributed by atoms with E-state index in [-0.39, 0.29) is 17.5 Å². The van der Waals surface area contributed by atoms with E-state index in [0.717, 1.165) is 11.1 Å². The largest absolute Gasteiger partial charge is 0.496 e. The van der Waals surface area contributed by atoms with Crippen molar-refractivity contribution in [3.05, 3.63) is 76.8 Å². The van der Waals surface area contributed by atoms with Gasteiger partial charge in [0.25, 0.3) is 5.56 Å². The second-order valence-electron chi connectivity index (χ2n) is 6.69. The predicted octanol–water partition coefficient (Wildman–Crippen LogP) is 1.94. The van der Waals surface area contributed by atoms with Gasteiger partial charge in [0.05, 0.1) is 25.3 Å². The van der Waals surface area contributed by atoms with Crippen LogP contribution in [-0.2, 0) is 11.2 Å². The molecule has 1 aliphatic heterocycles. The van der Waals surface area contributed by atoms with Crippen LogP contribution in [0.15, 0.2) is 65.7 Å². The van der Waals surface area contributed by atoms with Crippen LogP contribution in [0, 0.1) is 0 Å². The molecule has 1 aromatic carbocycles. The summed E-state index contributed by atoms with van der Waals surface area (Å²) in [5.74, 6) is 0.722. The van der Waals surface area contributed by atoms with Gasteiger partial charge in [0.15, 0.2) is 0 Å². The molecule has 1 aliphatic rings. The summed E-state index contributed by atoms with van der Waals surface area (Å²) in [6.45, 7) is 0.947. The Labute approximate surface area is 162 Å². The number of hydrogen-bond acceptors (Lipinski definition) is 5. The van der Waals surface area contributed by atoms with Gasteiger partial charge in [-0.25, -0.2) is 4.68 Å². The van der Waals surface area contributed by atoms with Crippen LogP contribution in [0.1, 0.15) is 11.6 Å². The lowest BCUT2D eigenvalue weighted by atomic mass is 10.1. The summed E-state index contributed by atoms with van der Waals surface area (Å²) in [5, 5.41) is 4.53. The molecular weight excluding hydrogens is 356 g/mol. The first-order chi connectivity index (χ1) is 13.7. The molecule has 0 unspecified atom stereocenters. The molecule has 0 N–H and O–H groups in total. The maximum Gasteiger partial charge on any atom is 0.267 e. The molecule has 28 heavy (non-hydrogen) atoms. The zero-order chi connectivity index (χ0) is 19.5. The van der Waals surface area contributed by atoms with E-state index in [1.54, 1.807) is 30.5 Å². The van der Waals surface area contributed by atoms with E-state index in [0.29, 0.717) is 31.0 Å². The van der Waals surface area contributed by atoms with E-state index in [1.165, 1.54) is 10.7 Å². The second kappa shape index (κ2) is 7.64. The van der Waals surface area contributed by atoms with Gasteiger partial charge in [-0.15, -0.1) is 0 Å². The summed E-state index contributed by atoms with van der Waals surface area (Å²) in [6.07, 6.45) is 3.68. The Kier molecular flexibility index (Phi) is 4.89. The van der Waals surface area contributed by atoms with E-state index >= 15 is 0 Å². The fraction of sp³-hybridized carbons (Fsp3) is 0.238. The Hall–Kier alpha value is -3.48. The summed E-state index contributed by atoms with van der Waals surface area (Å²) in [6, 6.07) is 14.3. The third-order valence-corrected chi connectivity index (χ3v) is 4.85. The van der Waals surface area contributed by atoms with Crippen molar-refractivity contribution in [3.8, 4) is 17.0 Å². The first-order valence-electron chi connectivity index (χ1n) is 9.05. The van der Waals surface area contributed by atoms with Crippen molar-refractivity contribution in [2.45, 2.75) is 12.5 Å². The smallest absolute Gasteiger partial charge is 0.267 e. The molecule has 4 rings (SSSR count). The SMILES string of the molecule is COc1ccccc1-c1ccc(=O)n(C2CN(C(=O)Cc3cccnc3)C2)n1. The molecule has 0 bridgehead atoms. The van der Waals surface area contributed by atoms with Gasteiger partial charge < -0.3 is 9.64 Å². The third kappa shape index (κ3) is 3.51. The van der Waals surface area contributed by atoms with E-state index in [4.69, 9.17) is 4.74 Å². The number of benzene rings is 1. The maximum atomic E-state index is 12.4. The highest BCUT2D eigenvalue weighted by Crippen LogP contribution is 2.28. The Morgan fingerprint density at radius 1 is 1.14 bits per heavy atom. The van der Waals surface area contributed by atoms with Gasteiger partial charge in [0.1, 0.15) is 5.75 Å². The third-order valence-electron chi connectivity index (χ3n) is 4.85. The first kappa shape index (κ1) is 17.9. The molecule has 3 aromatic rings. The summed E-state index contributed by atoms with van der Waals surface area (Å²) in [7, 11) is 1.60.